The molecule has 0 radical (unpaired) electrons. The Morgan fingerprint density at radius 1 is 0.821 bits per heavy atom. The van der Waals surface area contributed by atoms with Gasteiger partial charge in [-0.2, -0.15) is 0 Å². The molecule has 0 heterocycles. The molecule has 0 saturated heterocycles. The van der Waals surface area contributed by atoms with Crippen LogP contribution in [-0.4, -0.2) is 66.8 Å². The minimum atomic E-state index is -2.60. The van der Waals surface area contributed by atoms with Crippen LogP contribution in [0.2, 0.25) is 0 Å². The molecule has 0 unspecified atom stereocenters. The van der Waals surface area contributed by atoms with Gasteiger partial charge in [-0.25, -0.2) is 0 Å². The summed E-state index contributed by atoms with van der Waals surface area (Å²) in [5.74, 6) is -4.59. The smallest absolute Gasteiger partial charge is 0.304 e. The van der Waals surface area contributed by atoms with Crippen molar-refractivity contribution >= 4 is 36.1 Å². The van der Waals surface area contributed by atoms with Crippen LogP contribution in [0.1, 0.15) is 34.6 Å². The SMILES string of the molecule is CC(=O)OC[C@@H](OC(C)=O)[C@H](OC(C)=O)[C@H](OC(C)=O)[C@](N)(C=O)OC(C)=O. The van der Waals surface area contributed by atoms with Crippen LogP contribution >= 0.6 is 0 Å². The zero-order chi connectivity index (χ0) is 22.1. The van der Waals surface area contributed by atoms with Crippen molar-refractivity contribution in [2.45, 2.75) is 58.7 Å². The third kappa shape index (κ3) is 8.58. The van der Waals surface area contributed by atoms with Crippen molar-refractivity contribution in [3.63, 3.8) is 0 Å². The van der Waals surface area contributed by atoms with Gasteiger partial charge in [0.25, 0.3) is 5.72 Å². The number of hydrogen-bond donors (Lipinski definition) is 1. The van der Waals surface area contributed by atoms with Crippen LogP contribution in [0.15, 0.2) is 0 Å². The largest absolute Gasteiger partial charge is 0.462 e. The molecule has 0 aliphatic heterocycles. The molecule has 12 heteroatoms. The zero-order valence-corrected chi connectivity index (χ0v) is 16.1. The van der Waals surface area contributed by atoms with E-state index in [-0.39, 0.29) is 6.29 Å². The predicted molar refractivity (Wildman–Crippen MR) is 88.0 cm³/mol. The fourth-order valence-electron chi connectivity index (χ4n) is 2.13. The van der Waals surface area contributed by atoms with E-state index < -0.39 is 60.5 Å². The van der Waals surface area contributed by atoms with E-state index in [2.05, 4.69) is 0 Å². The van der Waals surface area contributed by atoms with E-state index >= 15 is 0 Å². The second-order valence-corrected chi connectivity index (χ2v) is 5.62. The van der Waals surface area contributed by atoms with Crippen molar-refractivity contribution in [3.8, 4) is 0 Å². The summed E-state index contributed by atoms with van der Waals surface area (Å²) in [4.78, 5) is 68.6. The maximum atomic E-state index is 11.6. The molecule has 12 nitrogen and oxygen atoms in total. The van der Waals surface area contributed by atoms with E-state index in [0.29, 0.717) is 0 Å². The summed E-state index contributed by atoms with van der Waals surface area (Å²) in [6, 6.07) is 0. The summed E-state index contributed by atoms with van der Waals surface area (Å²) in [5, 5.41) is 0. The summed E-state index contributed by atoms with van der Waals surface area (Å²) in [5.41, 5.74) is 3.16. The lowest BCUT2D eigenvalue weighted by atomic mass is 9.98. The van der Waals surface area contributed by atoms with Gasteiger partial charge in [0.2, 0.25) is 6.10 Å². The quantitative estimate of drug-likeness (QED) is 0.198. The van der Waals surface area contributed by atoms with Crippen LogP contribution in [0.5, 0.6) is 0 Å². The Morgan fingerprint density at radius 3 is 1.68 bits per heavy atom. The molecular weight excluding hydrogens is 382 g/mol. The van der Waals surface area contributed by atoms with Crippen LogP contribution in [0.4, 0.5) is 0 Å². The lowest BCUT2D eigenvalue weighted by molar-refractivity contribution is -0.215. The Balaban J connectivity index is 6.27. The zero-order valence-electron chi connectivity index (χ0n) is 16.1. The number of aldehydes is 1. The van der Waals surface area contributed by atoms with Crippen molar-refractivity contribution < 1.29 is 52.5 Å². The van der Waals surface area contributed by atoms with Crippen LogP contribution < -0.4 is 5.73 Å². The molecule has 4 atom stereocenters. The van der Waals surface area contributed by atoms with Crippen molar-refractivity contribution in [2.75, 3.05) is 6.61 Å². The molecule has 0 bridgehead atoms. The third-order valence-corrected chi connectivity index (χ3v) is 2.98. The van der Waals surface area contributed by atoms with Crippen molar-refractivity contribution in [1.29, 1.82) is 0 Å². The molecule has 0 spiro atoms. The highest BCUT2D eigenvalue weighted by atomic mass is 16.6. The van der Waals surface area contributed by atoms with Gasteiger partial charge in [0.1, 0.15) is 6.61 Å². The van der Waals surface area contributed by atoms with E-state index in [1.165, 1.54) is 0 Å². The van der Waals surface area contributed by atoms with E-state index in [1.807, 2.05) is 0 Å². The number of hydrogen-bond acceptors (Lipinski definition) is 12. The van der Waals surface area contributed by atoms with Crippen molar-refractivity contribution in [1.82, 2.24) is 0 Å². The predicted octanol–water partition coefficient (Wildman–Crippen LogP) is -1.24. The first-order chi connectivity index (χ1) is 12.8. The molecule has 0 aromatic heterocycles. The normalized spacial score (nSPS) is 15.6. The van der Waals surface area contributed by atoms with Gasteiger partial charge in [-0.15, -0.1) is 0 Å². The second kappa shape index (κ2) is 11.0. The molecule has 0 amide bonds. The first-order valence-corrected chi connectivity index (χ1v) is 7.92. The first kappa shape index (κ1) is 25.0. The summed E-state index contributed by atoms with van der Waals surface area (Å²) in [6.07, 6.45) is -5.29. The summed E-state index contributed by atoms with van der Waals surface area (Å²) in [6.45, 7) is 4.28. The molecule has 0 aliphatic carbocycles. The van der Waals surface area contributed by atoms with Crippen molar-refractivity contribution in [2.24, 2.45) is 5.73 Å². The van der Waals surface area contributed by atoms with Crippen LogP contribution in [0, 0.1) is 0 Å². The Labute approximate surface area is 160 Å². The molecule has 2 N–H and O–H groups in total. The molecule has 0 fully saturated rings. The number of rotatable bonds is 10. The van der Waals surface area contributed by atoms with Crippen LogP contribution in [0.25, 0.3) is 0 Å². The Morgan fingerprint density at radius 2 is 1.32 bits per heavy atom. The summed E-state index contributed by atoms with van der Waals surface area (Å²) < 4.78 is 24.5. The Kier molecular flexibility index (Phi) is 9.78. The number of carbonyl (C=O) groups is 6. The van der Waals surface area contributed by atoms with Gasteiger partial charge in [-0.3, -0.25) is 34.5 Å². The summed E-state index contributed by atoms with van der Waals surface area (Å²) >= 11 is 0. The van der Waals surface area contributed by atoms with Crippen LogP contribution in [0.3, 0.4) is 0 Å². The topological polar surface area (TPSA) is 175 Å². The Bertz CT molecular complexity index is 632. The highest BCUT2D eigenvalue weighted by molar-refractivity contribution is 5.74. The highest BCUT2D eigenvalue weighted by Crippen LogP contribution is 2.23. The number of ether oxygens (including phenoxy) is 5. The average molecular weight is 405 g/mol. The number of carbonyl (C=O) groups excluding carboxylic acids is 6. The average Bonchev–Trinajstić information content (AvgIpc) is 2.53. The standard InChI is InChI=1S/C16H23NO11/c1-8(19)24-6-13(25-9(2)20)14(26-10(3)21)15(27-11(4)22)16(17,7-18)28-12(5)23/h7,13-15H,6,17H2,1-5H3/t13-,14+,15+,16+/m1/s1. The van der Waals surface area contributed by atoms with Gasteiger partial charge >= 0.3 is 29.8 Å². The number of esters is 5. The van der Waals surface area contributed by atoms with Gasteiger partial charge in [-0.05, 0) is 0 Å². The van der Waals surface area contributed by atoms with Crippen molar-refractivity contribution in [3.05, 3.63) is 0 Å². The van der Waals surface area contributed by atoms with Gasteiger partial charge in [-0.1, -0.05) is 0 Å². The molecule has 28 heavy (non-hydrogen) atoms. The fourth-order valence-corrected chi connectivity index (χ4v) is 2.13. The highest BCUT2D eigenvalue weighted by Gasteiger charge is 2.51. The molecule has 0 aliphatic rings. The third-order valence-electron chi connectivity index (χ3n) is 2.98. The molecule has 0 aromatic rings. The first-order valence-electron chi connectivity index (χ1n) is 7.92. The maximum Gasteiger partial charge on any atom is 0.304 e. The molecule has 0 saturated carbocycles. The molecular formula is C16H23NO11. The molecule has 0 rings (SSSR count). The van der Waals surface area contributed by atoms with E-state index in [1.54, 1.807) is 0 Å². The van der Waals surface area contributed by atoms with E-state index in [0.717, 1.165) is 34.6 Å². The van der Waals surface area contributed by atoms with E-state index in [4.69, 9.17) is 29.4 Å². The minimum absolute atomic E-state index is 0.0465. The monoisotopic (exact) mass is 405 g/mol. The fraction of sp³-hybridized carbons (Fsp3) is 0.625. The van der Waals surface area contributed by atoms with Gasteiger partial charge in [0.15, 0.2) is 18.5 Å². The Hall–Kier alpha value is -3.02. The maximum absolute atomic E-state index is 11.6. The van der Waals surface area contributed by atoms with Gasteiger partial charge in [0.05, 0.1) is 0 Å². The van der Waals surface area contributed by atoms with Gasteiger partial charge < -0.3 is 23.7 Å². The van der Waals surface area contributed by atoms with E-state index in [9.17, 15) is 28.8 Å². The summed E-state index contributed by atoms with van der Waals surface area (Å²) in [7, 11) is 0. The van der Waals surface area contributed by atoms with Crippen LogP contribution in [-0.2, 0) is 52.5 Å². The van der Waals surface area contributed by atoms with Gasteiger partial charge in [0, 0.05) is 34.6 Å². The lowest BCUT2D eigenvalue weighted by Crippen LogP contribution is -2.64. The number of nitrogens with two attached hydrogens (primary N) is 1. The lowest BCUT2D eigenvalue weighted by Gasteiger charge is -2.38. The second-order valence-electron chi connectivity index (χ2n) is 5.62. The molecule has 0 aromatic carbocycles. The minimum Gasteiger partial charge on any atom is -0.462 e. The molecule has 158 valence electrons.